The third-order valence-electron chi connectivity index (χ3n) is 4.04. The van der Waals surface area contributed by atoms with Gasteiger partial charge in [0.2, 0.25) is 5.91 Å². The molecule has 0 radical (unpaired) electrons. The van der Waals surface area contributed by atoms with Crippen LogP contribution >= 0.6 is 0 Å². The lowest BCUT2D eigenvalue weighted by Gasteiger charge is -2.19. The standard InChI is InChI=1S/C18H24N2O4/c1-3-9-19-16(21)12-24-18(23)14-10-17(22)20(11-14)15-8-6-5-7-13(15)4-2/h5-8,14H,3-4,9-12H2,1-2H3,(H,19,21)/t14-/m0/s1. The molecule has 1 aliphatic rings. The molecule has 1 N–H and O–H groups in total. The first-order valence-electron chi connectivity index (χ1n) is 8.38. The van der Waals surface area contributed by atoms with Gasteiger partial charge in [0, 0.05) is 25.2 Å². The van der Waals surface area contributed by atoms with Gasteiger partial charge in [0.1, 0.15) is 0 Å². The molecule has 0 bridgehead atoms. The average Bonchev–Trinajstić information content (AvgIpc) is 2.99. The Balaban J connectivity index is 1.94. The Kier molecular flexibility index (Phi) is 6.35. The van der Waals surface area contributed by atoms with Gasteiger partial charge in [-0.15, -0.1) is 0 Å². The van der Waals surface area contributed by atoms with Crippen LogP contribution in [0.4, 0.5) is 5.69 Å². The minimum Gasteiger partial charge on any atom is -0.455 e. The molecular weight excluding hydrogens is 308 g/mol. The number of esters is 1. The highest BCUT2D eigenvalue weighted by atomic mass is 16.5. The molecule has 1 fully saturated rings. The number of rotatable bonds is 7. The van der Waals surface area contributed by atoms with Gasteiger partial charge in [0.05, 0.1) is 5.92 Å². The van der Waals surface area contributed by atoms with E-state index in [9.17, 15) is 14.4 Å². The smallest absolute Gasteiger partial charge is 0.311 e. The maximum absolute atomic E-state index is 12.3. The van der Waals surface area contributed by atoms with Crippen LogP contribution in [-0.2, 0) is 25.5 Å². The molecule has 1 saturated heterocycles. The lowest BCUT2D eigenvalue weighted by Crippen LogP contribution is -2.31. The number of ether oxygens (including phenoxy) is 1. The predicted molar refractivity (Wildman–Crippen MR) is 90.5 cm³/mol. The van der Waals surface area contributed by atoms with Gasteiger partial charge < -0.3 is 15.0 Å². The lowest BCUT2D eigenvalue weighted by atomic mass is 10.1. The van der Waals surface area contributed by atoms with Crippen LogP contribution in [0.5, 0.6) is 0 Å². The van der Waals surface area contributed by atoms with Crippen LogP contribution in [0.1, 0.15) is 32.3 Å². The zero-order valence-electron chi connectivity index (χ0n) is 14.2. The Morgan fingerprint density at radius 1 is 1.29 bits per heavy atom. The Labute approximate surface area is 142 Å². The summed E-state index contributed by atoms with van der Waals surface area (Å²) in [5, 5.41) is 2.64. The molecule has 0 spiro atoms. The number of nitrogens with one attached hydrogen (secondary N) is 1. The monoisotopic (exact) mass is 332 g/mol. The van der Waals surface area contributed by atoms with Crippen LogP contribution in [0, 0.1) is 5.92 Å². The number of amides is 2. The number of carbonyl (C=O) groups excluding carboxylic acids is 3. The third kappa shape index (κ3) is 4.34. The van der Waals surface area contributed by atoms with Crippen molar-refractivity contribution in [3.8, 4) is 0 Å². The Morgan fingerprint density at radius 2 is 2.04 bits per heavy atom. The third-order valence-corrected chi connectivity index (χ3v) is 4.04. The molecule has 1 aromatic carbocycles. The first-order chi connectivity index (χ1) is 11.6. The van der Waals surface area contributed by atoms with Crippen molar-refractivity contribution in [3.05, 3.63) is 29.8 Å². The van der Waals surface area contributed by atoms with Gasteiger partial charge in [0.15, 0.2) is 6.61 Å². The quantitative estimate of drug-likeness (QED) is 0.771. The van der Waals surface area contributed by atoms with Gasteiger partial charge in [-0.25, -0.2) is 0 Å². The molecule has 1 atom stereocenters. The van der Waals surface area contributed by atoms with Gasteiger partial charge in [-0.2, -0.15) is 0 Å². The predicted octanol–water partition coefficient (Wildman–Crippen LogP) is 1.67. The van der Waals surface area contributed by atoms with Crippen LogP contribution in [0.15, 0.2) is 24.3 Å². The fourth-order valence-electron chi connectivity index (χ4n) is 2.74. The zero-order chi connectivity index (χ0) is 17.5. The summed E-state index contributed by atoms with van der Waals surface area (Å²) in [6, 6.07) is 7.68. The van der Waals surface area contributed by atoms with Crippen molar-refractivity contribution in [2.75, 3.05) is 24.6 Å². The summed E-state index contributed by atoms with van der Waals surface area (Å²) in [7, 11) is 0. The molecule has 0 saturated carbocycles. The number of aryl methyl sites for hydroxylation is 1. The Hall–Kier alpha value is -2.37. The van der Waals surface area contributed by atoms with Crippen molar-refractivity contribution >= 4 is 23.5 Å². The molecule has 130 valence electrons. The van der Waals surface area contributed by atoms with Crippen molar-refractivity contribution in [2.24, 2.45) is 5.92 Å². The SMILES string of the molecule is CCCNC(=O)COC(=O)[C@H]1CC(=O)N(c2ccccc2CC)C1. The molecule has 1 heterocycles. The largest absolute Gasteiger partial charge is 0.455 e. The topological polar surface area (TPSA) is 75.7 Å². The van der Waals surface area contributed by atoms with E-state index in [2.05, 4.69) is 5.32 Å². The van der Waals surface area contributed by atoms with Gasteiger partial charge in [-0.1, -0.05) is 32.0 Å². The van der Waals surface area contributed by atoms with E-state index in [1.54, 1.807) is 4.90 Å². The number of nitrogens with zero attached hydrogens (tertiary/aromatic N) is 1. The van der Waals surface area contributed by atoms with Crippen molar-refractivity contribution < 1.29 is 19.1 Å². The summed E-state index contributed by atoms with van der Waals surface area (Å²) in [5.41, 5.74) is 1.92. The minimum absolute atomic E-state index is 0.0896. The summed E-state index contributed by atoms with van der Waals surface area (Å²) in [6.07, 6.45) is 1.75. The van der Waals surface area contributed by atoms with Crippen molar-refractivity contribution in [1.82, 2.24) is 5.32 Å². The molecule has 1 aromatic rings. The molecule has 1 aliphatic heterocycles. The van der Waals surface area contributed by atoms with Gasteiger partial charge in [0.25, 0.3) is 5.91 Å². The van der Waals surface area contributed by atoms with E-state index in [4.69, 9.17) is 4.74 Å². The fourth-order valence-corrected chi connectivity index (χ4v) is 2.74. The number of para-hydroxylation sites is 1. The highest BCUT2D eigenvalue weighted by Crippen LogP contribution is 2.28. The number of benzene rings is 1. The Morgan fingerprint density at radius 3 is 2.75 bits per heavy atom. The van der Waals surface area contributed by atoms with Crippen molar-refractivity contribution in [3.63, 3.8) is 0 Å². The van der Waals surface area contributed by atoms with Crippen LogP contribution in [-0.4, -0.2) is 37.5 Å². The fraction of sp³-hybridized carbons (Fsp3) is 0.500. The van der Waals surface area contributed by atoms with E-state index in [0.29, 0.717) is 13.1 Å². The van der Waals surface area contributed by atoms with Gasteiger partial charge in [-0.3, -0.25) is 14.4 Å². The lowest BCUT2D eigenvalue weighted by molar-refractivity contribution is -0.152. The Bertz CT molecular complexity index is 615. The summed E-state index contributed by atoms with van der Waals surface area (Å²) in [5.74, 6) is -1.43. The van der Waals surface area contributed by atoms with E-state index in [1.165, 1.54) is 0 Å². The van der Waals surface area contributed by atoms with E-state index in [0.717, 1.165) is 24.1 Å². The van der Waals surface area contributed by atoms with Crippen LogP contribution in [0.3, 0.4) is 0 Å². The first-order valence-corrected chi connectivity index (χ1v) is 8.38. The maximum Gasteiger partial charge on any atom is 0.311 e. The molecule has 6 heteroatoms. The highest BCUT2D eigenvalue weighted by Gasteiger charge is 2.36. The number of hydrogen-bond donors (Lipinski definition) is 1. The normalized spacial score (nSPS) is 17.0. The van der Waals surface area contributed by atoms with E-state index >= 15 is 0 Å². The van der Waals surface area contributed by atoms with Crippen LogP contribution in [0.2, 0.25) is 0 Å². The van der Waals surface area contributed by atoms with Crippen molar-refractivity contribution in [1.29, 1.82) is 0 Å². The molecular formula is C18H24N2O4. The molecule has 0 aromatic heterocycles. The first kappa shape index (κ1) is 18.0. The maximum atomic E-state index is 12.3. The second-order valence-electron chi connectivity index (χ2n) is 5.85. The summed E-state index contributed by atoms with van der Waals surface area (Å²) >= 11 is 0. The van der Waals surface area contributed by atoms with E-state index in [-0.39, 0.29) is 24.8 Å². The number of carbonyl (C=O) groups is 3. The second-order valence-corrected chi connectivity index (χ2v) is 5.85. The molecule has 6 nitrogen and oxygen atoms in total. The molecule has 0 aliphatic carbocycles. The molecule has 24 heavy (non-hydrogen) atoms. The van der Waals surface area contributed by atoms with E-state index < -0.39 is 11.9 Å². The molecule has 2 amide bonds. The summed E-state index contributed by atoms with van der Waals surface area (Å²) in [6.45, 7) is 4.53. The molecule has 2 rings (SSSR count). The number of hydrogen-bond acceptors (Lipinski definition) is 4. The van der Waals surface area contributed by atoms with Gasteiger partial charge in [-0.05, 0) is 24.5 Å². The average molecular weight is 332 g/mol. The summed E-state index contributed by atoms with van der Waals surface area (Å²) in [4.78, 5) is 37.5. The van der Waals surface area contributed by atoms with Crippen molar-refractivity contribution in [2.45, 2.75) is 33.1 Å². The van der Waals surface area contributed by atoms with Crippen LogP contribution < -0.4 is 10.2 Å². The molecule has 0 unspecified atom stereocenters. The zero-order valence-corrected chi connectivity index (χ0v) is 14.2. The van der Waals surface area contributed by atoms with E-state index in [1.807, 2.05) is 38.1 Å². The minimum atomic E-state index is -0.526. The number of anilines is 1. The summed E-state index contributed by atoms with van der Waals surface area (Å²) < 4.78 is 5.04. The second kappa shape index (κ2) is 8.47. The highest BCUT2D eigenvalue weighted by molar-refractivity contribution is 6.00. The van der Waals surface area contributed by atoms with Gasteiger partial charge >= 0.3 is 5.97 Å². The van der Waals surface area contributed by atoms with Crippen LogP contribution in [0.25, 0.3) is 0 Å².